The Hall–Kier alpha value is -3.95. The molecule has 3 rings (SSSR count). The number of nitrogens with two attached hydrogens (primary N) is 2. The molecule has 1 aromatic carbocycles. The summed E-state index contributed by atoms with van der Waals surface area (Å²) >= 11 is 0. The van der Waals surface area contributed by atoms with Gasteiger partial charge in [0.1, 0.15) is 11.4 Å². The Morgan fingerprint density at radius 3 is 2.73 bits per heavy atom. The third kappa shape index (κ3) is 3.93. The molecule has 6 N–H and O–H groups in total. The molecule has 0 aliphatic heterocycles. The molecular formula is C16H16N8O2. The highest BCUT2D eigenvalue weighted by atomic mass is 16.1. The number of carbonyl (C=O) groups is 2. The predicted molar refractivity (Wildman–Crippen MR) is 95.1 cm³/mol. The monoisotopic (exact) mass is 352 g/mol. The zero-order chi connectivity index (χ0) is 18.5. The summed E-state index contributed by atoms with van der Waals surface area (Å²) in [4.78, 5) is 30.7. The molecule has 10 nitrogen and oxygen atoms in total. The Morgan fingerprint density at radius 2 is 2.04 bits per heavy atom. The van der Waals surface area contributed by atoms with E-state index in [1.54, 1.807) is 16.9 Å². The summed E-state index contributed by atoms with van der Waals surface area (Å²) in [5.41, 5.74) is 12.1. The topological polar surface area (TPSA) is 154 Å². The van der Waals surface area contributed by atoms with E-state index in [0.717, 1.165) is 5.69 Å². The fourth-order valence-electron chi connectivity index (χ4n) is 2.19. The number of aromatic nitrogens is 4. The Balaban J connectivity index is 1.90. The normalized spacial score (nSPS) is 10.3. The van der Waals surface area contributed by atoms with Gasteiger partial charge in [0, 0.05) is 24.3 Å². The minimum atomic E-state index is -0.683. The lowest BCUT2D eigenvalue weighted by Crippen LogP contribution is -2.23. The zero-order valence-corrected chi connectivity index (χ0v) is 13.6. The van der Waals surface area contributed by atoms with Gasteiger partial charge in [-0.25, -0.2) is 9.67 Å². The van der Waals surface area contributed by atoms with Gasteiger partial charge in [0.05, 0.1) is 12.2 Å². The van der Waals surface area contributed by atoms with Crippen molar-refractivity contribution in [3.8, 4) is 5.69 Å². The maximum atomic E-state index is 11.6. The second kappa shape index (κ2) is 7.30. The average molecular weight is 352 g/mol. The van der Waals surface area contributed by atoms with Gasteiger partial charge in [-0.05, 0) is 24.3 Å². The molecule has 0 fully saturated rings. The van der Waals surface area contributed by atoms with Gasteiger partial charge in [-0.3, -0.25) is 9.59 Å². The molecule has 0 saturated heterocycles. The smallest absolute Gasteiger partial charge is 0.254 e. The molecule has 0 radical (unpaired) electrons. The molecule has 0 saturated carbocycles. The van der Waals surface area contributed by atoms with Crippen molar-refractivity contribution < 1.29 is 9.59 Å². The van der Waals surface area contributed by atoms with E-state index < -0.39 is 11.8 Å². The molecule has 0 aliphatic carbocycles. The van der Waals surface area contributed by atoms with Crippen molar-refractivity contribution in [2.45, 2.75) is 0 Å². The molecule has 2 heterocycles. The Labute approximate surface area is 148 Å². The Kier molecular flexibility index (Phi) is 4.74. The second-order valence-electron chi connectivity index (χ2n) is 5.27. The van der Waals surface area contributed by atoms with Crippen LogP contribution in [0.15, 0.2) is 48.9 Å². The fourth-order valence-corrected chi connectivity index (χ4v) is 2.19. The lowest BCUT2D eigenvalue weighted by atomic mass is 10.2. The average Bonchev–Trinajstić information content (AvgIpc) is 3.15. The maximum Gasteiger partial charge on any atom is 0.254 e. The van der Waals surface area contributed by atoms with Crippen LogP contribution in [0, 0.1) is 0 Å². The highest BCUT2D eigenvalue weighted by Gasteiger charge is 2.13. The number of hydrogen-bond donors (Lipinski definition) is 4. The van der Waals surface area contributed by atoms with E-state index in [4.69, 9.17) is 11.5 Å². The number of amides is 2. The Morgan fingerprint density at radius 1 is 1.19 bits per heavy atom. The second-order valence-corrected chi connectivity index (χ2v) is 5.27. The molecule has 2 amide bonds. The highest BCUT2D eigenvalue weighted by Crippen LogP contribution is 2.21. The number of hydrogen-bond acceptors (Lipinski definition) is 7. The summed E-state index contributed by atoms with van der Waals surface area (Å²) in [6.45, 7) is -0.135. The molecule has 0 atom stereocenters. The minimum absolute atomic E-state index is 0.110. The van der Waals surface area contributed by atoms with E-state index in [0.29, 0.717) is 5.69 Å². The molecule has 3 aromatic rings. The van der Waals surface area contributed by atoms with Crippen LogP contribution in [-0.4, -0.2) is 38.1 Å². The van der Waals surface area contributed by atoms with Crippen molar-refractivity contribution in [3.63, 3.8) is 0 Å². The third-order valence-electron chi connectivity index (χ3n) is 3.35. The van der Waals surface area contributed by atoms with Crippen molar-refractivity contribution in [1.82, 2.24) is 19.7 Å². The minimum Gasteiger partial charge on any atom is -0.368 e. The standard InChI is InChI=1S/C16H16N8O2/c17-13(25)9-20-16-19-8-12(14(18)26)15(23-16)22-10-3-1-4-11(7-10)24-6-2-5-21-24/h1-8H,9H2,(H2,17,25)(H2,18,26)(H2,19,20,22,23). The lowest BCUT2D eigenvalue weighted by Gasteiger charge is -2.12. The van der Waals surface area contributed by atoms with E-state index in [2.05, 4.69) is 25.7 Å². The van der Waals surface area contributed by atoms with E-state index in [1.165, 1.54) is 6.20 Å². The van der Waals surface area contributed by atoms with Crippen LogP contribution < -0.4 is 22.1 Å². The van der Waals surface area contributed by atoms with Gasteiger partial charge in [-0.2, -0.15) is 10.1 Å². The molecule has 0 bridgehead atoms. The number of primary amides is 2. The van der Waals surface area contributed by atoms with Gasteiger partial charge < -0.3 is 22.1 Å². The van der Waals surface area contributed by atoms with Gasteiger partial charge >= 0.3 is 0 Å². The van der Waals surface area contributed by atoms with Crippen LogP contribution in [0.3, 0.4) is 0 Å². The summed E-state index contributed by atoms with van der Waals surface area (Å²) < 4.78 is 1.69. The number of benzene rings is 1. The summed E-state index contributed by atoms with van der Waals surface area (Å²) in [6, 6.07) is 9.16. The number of nitrogens with one attached hydrogen (secondary N) is 2. The van der Waals surface area contributed by atoms with E-state index in [-0.39, 0.29) is 23.9 Å². The number of nitrogens with zero attached hydrogens (tertiary/aromatic N) is 4. The molecule has 0 spiro atoms. The molecule has 26 heavy (non-hydrogen) atoms. The molecule has 132 valence electrons. The van der Waals surface area contributed by atoms with Crippen LogP contribution in [0.5, 0.6) is 0 Å². The summed E-state index contributed by atoms with van der Waals surface area (Å²) in [7, 11) is 0. The quantitative estimate of drug-likeness (QED) is 0.480. The van der Waals surface area contributed by atoms with Crippen LogP contribution >= 0.6 is 0 Å². The van der Waals surface area contributed by atoms with Gasteiger partial charge in [0.2, 0.25) is 11.9 Å². The van der Waals surface area contributed by atoms with Crippen molar-refractivity contribution in [1.29, 1.82) is 0 Å². The van der Waals surface area contributed by atoms with Crippen molar-refractivity contribution in [3.05, 3.63) is 54.5 Å². The highest BCUT2D eigenvalue weighted by molar-refractivity contribution is 5.98. The van der Waals surface area contributed by atoms with Crippen LogP contribution in [-0.2, 0) is 4.79 Å². The molecule has 0 unspecified atom stereocenters. The van der Waals surface area contributed by atoms with Gasteiger partial charge in [-0.1, -0.05) is 6.07 Å². The van der Waals surface area contributed by atoms with Crippen LogP contribution in [0.4, 0.5) is 17.5 Å². The van der Waals surface area contributed by atoms with Crippen LogP contribution in [0.1, 0.15) is 10.4 Å². The van der Waals surface area contributed by atoms with Gasteiger partial charge in [0.25, 0.3) is 5.91 Å². The van der Waals surface area contributed by atoms with Crippen molar-refractivity contribution >= 4 is 29.3 Å². The summed E-state index contributed by atoms with van der Waals surface area (Å²) in [6.07, 6.45) is 4.76. The first-order valence-electron chi connectivity index (χ1n) is 7.59. The number of anilines is 3. The van der Waals surface area contributed by atoms with E-state index >= 15 is 0 Å². The predicted octanol–water partition coefficient (Wildman–Crippen LogP) is 0.402. The van der Waals surface area contributed by atoms with Crippen molar-refractivity contribution in [2.75, 3.05) is 17.2 Å². The SMILES string of the molecule is NC(=O)CNc1ncc(C(N)=O)c(Nc2cccc(-n3cccn3)c2)n1. The van der Waals surface area contributed by atoms with Crippen LogP contribution in [0.2, 0.25) is 0 Å². The molecular weight excluding hydrogens is 336 g/mol. The third-order valence-corrected chi connectivity index (χ3v) is 3.35. The fraction of sp³-hybridized carbons (Fsp3) is 0.0625. The Bertz CT molecular complexity index is 939. The summed E-state index contributed by atoms with van der Waals surface area (Å²) in [5, 5.41) is 9.87. The first-order chi connectivity index (χ1) is 12.5. The first kappa shape index (κ1) is 16.9. The summed E-state index contributed by atoms with van der Waals surface area (Å²) in [5.74, 6) is -0.900. The van der Waals surface area contributed by atoms with Gasteiger partial charge in [0.15, 0.2) is 0 Å². The lowest BCUT2D eigenvalue weighted by molar-refractivity contribution is -0.116. The van der Waals surface area contributed by atoms with Crippen molar-refractivity contribution in [2.24, 2.45) is 11.5 Å². The van der Waals surface area contributed by atoms with Crippen LogP contribution in [0.25, 0.3) is 5.69 Å². The maximum absolute atomic E-state index is 11.6. The zero-order valence-electron chi connectivity index (χ0n) is 13.6. The molecule has 2 aromatic heterocycles. The first-order valence-corrected chi connectivity index (χ1v) is 7.59. The van der Waals surface area contributed by atoms with E-state index in [9.17, 15) is 9.59 Å². The van der Waals surface area contributed by atoms with E-state index in [1.807, 2.05) is 30.5 Å². The molecule has 0 aliphatic rings. The number of rotatable bonds is 7. The molecule has 10 heteroatoms. The largest absolute Gasteiger partial charge is 0.368 e. The van der Waals surface area contributed by atoms with Gasteiger partial charge in [-0.15, -0.1) is 0 Å². The number of carbonyl (C=O) groups excluding carboxylic acids is 2.